The lowest BCUT2D eigenvalue weighted by Gasteiger charge is -2.34. The minimum absolute atomic E-state index is 0.158. The van der Waals surface area contributed by atoms with Crippen LogP contribution in [0.1, 0.15) is 24.1 Å². The number of allylic oxidation sites excluding steroid dienone is 1. The second-order valence-corrected chi connectivity index (χ2v) is 16.8. The van der Waals surface area contributed by atoms with E-state index in [1.54, 1.807) is 35.7 Å². The van der Waals surface area contributed by atoms with Gasteiger partial charge in [-0.05, 0) is 78.7 Å². The molecule has 2 N–H and O–H groups in total. The second-order valence-electron chi connectivity index (χ2n) is 14.9. The number of nitrogens with one attached hydrogen (secondary N) is 1. The van der Waals surface area contributed by atoms with Crippen LogP contribution in [0.2, 0.25) is 0 Å². The second kappa shape index (κ2) is 18.2. The SMILES string of the molecule is C=C/C(OCc1ccc(CN2CCN(CCOc3ccc(Oc4c(-c5ccc(Br)cc5)sc5cc(O)ccc45)cc3)CC2)nc1)=C1/CN([C@H]2CCC(=O)NC2=O)C(=O)C1=C. The fraction of sp³-hybridized carbons (Fsp3) is 0.261. The smallest absolute Gasteiger partial charge is 0.254 e. The molecule has 1 atom stereocenters. The summed E-state index contributed by atoms with van der Waals surface area (Å²) in [5.74, 6) is 1.73. The molecule has 2 aromatic heterocycles. The Balaban J connectivity index is 0.775. The first-order valence-corrected chi connectivity index (χ1v) is 21.4. The molecule has 3 fully saturated rings. The Morgan fingerprint density at radius 2 is 1.72 bits per heavy atom. The third kappa shape index (κ3) is 9.32. The van der Waals surface area contributed by atoms with Crippen LogP contribution in [-0.2, 0) is 32.3 Å². The fourth-order valence-corrected chi connectivity index (χ4v) is 8.96. The molecule has 60 heavy (non-hydrogen) atoms. The molecule has 0 spiro atoms. The first-order valence-electron chi connectivity index (χ1n) is 19.7. The lowest BCUT2D eigenvalue weighted by molar-refractivity contribution is -0.142. The van der Waals surface area contributed by atoms with Crippen LogP contribution in [-0.4, -0.2) is 94.4 Å². The molecule has 3 amide bonds. The van der Waals surface area contributed by atoms with E-state index in [0.29, 0.717) is 23.7 Å². The molecule has 5 heterocycles. The number of ether oxygens (including phenoxy) is 3. The number of aromatic hydroxyl groups is 1. The van der Waals surface area contributed by atoms with Gasteiger partial charge < -0.3 is 24.2 Å². The van der Waals surface area contributed by atoms with Crippen molar-refractivity contribution in [3.63, 3.8) is 0 Å². The molecule has 5 aromatic rings. The predicted molar refractivity (Wildman–Crippen MR) is 234 cm³/mol. The van der Waals surface area contributed by atoms with Gasteiger partial charge in [-0.2, -0.15) is 0 Å². The monoisotopic (exact) mass is 889 g/mol. The number of likely N-dealkylation sites (tertiary alicyclic amines) is 1. The molecule has 0 unspecified atom stereocenters. The van der Waals surface area contributed by atoms with E-state index in [-0.39, 0.29) is 49.1 Å². The third-order valence-electron chi connectivity index (χ3n) is 10.9. The lowest BCUT2D eigenvalue weighted by Crippen LogP contribution is -2.52. The molecule has 3 aliphatic rings. The minimum Gasteiger partial charge on any atom is -0.508 e. The number of thiophene rings is 1. The van der Waals surface area contributed by atoms with E-state index >= 15 is 0 Å². The van der Waals surface area contributed by atoms with Gasteiger partial charge in [0, 0.05) is 83.2 Å². The van der Waals surface area contributed by atoms with Crippen LogP contribution in [0.5, 0.6) is 23.0 Å². The van der Waals surface area contributed by atoms with Crippen LogP contribution in [0.4, 0.5) is 0 Å². The van der Waals surface area contributed by atoms with Crippen LogP contribution in [0.25, 0.3) is 20.5 Å². The maximum absolute atomic E-state index is 13.0. The van der Waals surface area contributed by atoms with Gasteiger partial charge in [-0.25, -0.2) is 0 Å². The standard InChI is InChI=1S/C46H44BrN5O7S/c1-3-40(38-27-52(46(56)29(38)2)39-16-17-42(54)49-45(39)55)58-28-30-4-9-33(48-25-30)26-51-20-18-50(19-21-51)22-23-57-35-11-13-36(14-12-35)59-43-37-15-10-34(53)24-41(37)60-44(43)31-5-7-32(47)8-6-31/h3-15,24-25,39,53H,1-2,16-23,26-28H2,(H,49,54,55)/b40-38+/t39-/m0/s1. The molecule has 3 saturated heterocycles. The van der Waals surface area contributed by atoms with Crippen molar-refractivity contribution < 1.29 is 33.7 Å². The maximum atomic E-state index is 13.0. The zero-order valence-corrected chi connectivity index (χ0v) is 35.3. The Labute approximate surface area is 360 Å². The molecular formula is C46H44BrN5O7S. The number of nitrogens with zero attached hydrogens (tertiary/aromatic N) is 4. The zero-order chi connectivity index (χ0) is 41.8. The van der Waals surface area contributed by atoms with E-state index in [9.17, 15) is 19.5 Å². The van der Waals surface area contributed by atoms with Gasteiger partial charge in [-0.1, -0.05) is 47.3 Å². The molecule has 0 aliphatic carbocycles. The number of hydrogen-bond donors (Lipinski definition) is 2. The van der Waals surface area contributed by atoms with Crippen LogP contribution in [0.15, 0.2) is 126 Å². The summed E-state index contributed by atoms with van der Waals surface area (Å²) in [7, 11) is 0. The summed E-state index contributed by atoms with van der Waals surface area (Å²) < 4.78 is 20.6. The molecule has 14 heteroatoms. The zero-order valence-electron chi connectivity index (χ0n) is 32.9. The van der Waals surface area contributed by atoms with Crippen molar-refractivity contribution in [2.24, 2.45) is 0 Å². The number of piperazine rings is 1. The Morgan fingerprint density at radius 3 is 2.43 bits per heavy atom. The summed E-state index contributed by atoms with van der Waals surface area (Å²) in [5.41, 5.74) is 3.71. The molecule has 3 aliphatic heterocycles. The van der Waals surface area contributed by atoms with Crippen molar-refractivity contribution >= 4 is 55.1 Å². The van der Waals surface area contributed by atoms with Crippen molar-refractivity contribution in [2.45, 2.75) is 32.0 Å². The quantitative estimate of drug-likeness (QED) is 0.0654. The summed E-state index contributed by atoms with van der Waals surface area (Å²) in [4.78, 5) is 48.9. The first kappa shape index (κ1) is 41.0. The number of phenolic OH excluding ortho intramolecular Hbond substituents is 1. The molecule has 8 rings (SSSR count). The number of halogens is 1. The van der Waals surface area contributed by atoms with Crippen molar-refractivity contribution in [1.82, 2.24) is 25.0 Å². The number of amides is 3. The lowest BCUT2D eigenvalue weighted by atomic mass is 10.0. The van der Waals surface area contributed by atoms with Gasteiger partial charge in [-0.3, -0.25) is 34.5 Å². The molecule has 0 saturated carbocycles. The number of carbonyl (C=O) groups is 3. The molecule has 0 bridgehead atoms. The number of piperidine rings is 1. The van der Waals surface area contributed by atoms with Gasteiger partial charge in [0.2, 0.25) is 11.8 Å². The normalized spacial score (nSPS) is 18.5. The summed E-state index contributed by atoms with van der Waals surface area (Å²) in [5, 5.41) is 13.4. The first-order chi connectivity index (χ1) is 29.1. The van der Waals surface area contributed by atoms with E-state index in [4.69, 9.17) is 14.2 Å². The van der Waals surface area contributed by atoms with E-state index in [1.807, 2.05) is 54.6 Å². The van der Waals surface area contributed by atoms with Gasteiger partial charge in [0.25, 0.3) is 5.91 Å². The number of hydrogen-bond acceptors (Lipinski definition) is 11. The number of phenols is 1. The van der Waals surface area contributed by atoms with Crippen molar-refractivity contribution in [3.8, 4) is 33.4 Å². The summed E-state index contributed by atoms with van der Waals surface area (Å²) in [6.07, 6.45) is 3.81. The van der Waals surface area contributed by atoms with Crippen LogP contribution in [0, 0.1) is 0 Å². The van der Waals surface area contributed by atoms with Gasteiger partial charge in [0.15, 0.2) is 5.75 Å². The highest BCUT2D eigenvalue weighted by Crippen LogP contribution is 2.47. The van der Waals surface area contributed by atoms with Crippen molar-refractivity contribution in [1.29, 1.82) is 0 Å². The molecule has 3 aromatic carbocycles. The van der Waals surface area contributed by atoms with Gasteiger partial charge in [0.05, 0.1) is 17.1 Å². The average molecular weight is 891 g/mol. The average Bonchev–Trinajstić information content (AvgIpc) is 3.75. The van der Waals surface area contributed by atoms with E-state index in [0.717, 1.165) is 87.0 Å². The summed E-state index contributed by atoms with van der Waals surface area (Å²) in [6.45, 7) is 14.1. The minimum atomic E-state index is -0.724. The molecule has 12 nitrogen and oxygen atoms in total. The van der Waals surface area contributed by atoms with E-state index in [1.165, 1.54) is 4.90 Å². The van der Waals surface area contributed by atoms with Gasteiger partial charge in [-0.15, -0.1) is 11.3 Å². The predicted octanol–water partition coefficient (Wildman–Crippen LogP) is 7.58. The van der Waals surface area contributed by atoms with E-state index in [2.05, 4.69) is 61.3 Å². The van der Waals surface area contributed by atoms with Gasteiger partial charge >= 0.3 is 0 Å². The number of rotatable bonds is 14. The molecule has 0 radical (unpaired) electrons. The van der Waals surface area contributed by atoms with Crippen LogP contribution >= 0.6 is 27.3 Å². The Bertz CT molecular complexity index is 2460. The van der Waals surface area contributed by atoms with Crippen molar-refractivity contribution in [3.05, 3.63) is 137 Å². The summed E-state index contributed by atoms with van der Waals surface area (Å²) in [6, 6.07) is 24.4. The van der Waals surface area contributed by atoms with Crippen LogP contribution < -0.4 is 14.8 Å². The topological polar surface area (TPSA) is 134 Å². The Hall–Kier alpha value is -5.80. The number of carbonyl (C=O) groups excluding carboxylic acids is 3. The van der Waals surface area contributed by atoms with Crippen molar-refractivity contribution in [2.75, 3.05) is 45.9 Å². The Kier molecular flexibility index (Phi) is 12.4. The largest absolute Gasteiger partial charge is 0.508 e. The number of imide groups is 1. The number of pyridine rings is 1. The number of benzene rings is 3. The van der Waals surface area contributed by atoms with Crippen LogP contribution in [0.3, 0.4) is 0 Å². The van der Waals surface area contributed by atoms with E-state index < -0.39 is 11.9 Å². The fourth-order valence-electron chi connectivity index (χ4n) is 7.53. The van der Waals surface area contributed by atoms with Gasteiger partial charge in [0.1, 0.15) is 42.3 Å². The maximum Gasteiger partial charge on any atom is 0.254 e. The third-order valence-corrected chi connectivity index (χ3v) is 12.6. The molecular weight excluding hydrogens is 847 g/mol. The highest BCUT2D eigenvalue weighted by atomic mass is 79.9. The molecule has 308 valence electrons. The Morgan fingerprint density at radius 1 is 0.967 bits per heavy atom. The highest BCUT2D eigenvalue weighted by molar-refractivity contribution is 9.10. The number of fused-ring (bicyclic) bond motifs is 1. The summed E-state index contributed by atoms with van der Waals surface area (Å²) >= 11 is 5.11. The number of aromatic nitrogens is 1. The highest BCUT2D eigenvalue weighted by Gasteiger charge is 2.41.